The number of thioether (sulfide) groups is 1. The molecule has 3 rings (SSSR count). The number of aromatic nitrogens is 2. The minimum absolute atomic E-state index is 0.0332. The summed E-state index contributed by atoms with van der Waals surface area (Å²) in [5, 5.41) is 13.8. The van der Waals surface area contributed by atoms with Crippen molar-refractivity contribution in [1.82, 2.24) is 10.2 Å². The van der Waals surface area contributed by atoms with E-state index in [2.05, 4.69) is 20.8 Å². The molecular weight excluding hydrogens is 524 g/mol. The topological polar surface area (TPSA) is 137 Å². The molecule has 0 bridgehead atoms. The molecule has 0 aliphatic heterocycles. The summed E-state index contributed by atoms with van der Waals surface area (Å²) in [6.45, 7) is 7.21. The number of hydrogen-bond acceptors (Lipinski definition) is 11. The number of esters is 2. The van der Waals surface area contributed by atoms with Crippen LogP contribution < -0.4 is 10.6 Å². The summed E-state index contributed by atoms with van der Waals surface area (Å²) >= 11 is 3.21. The predicted octanol–water partition coefficient (Wildman–Crippen LogP) is 4.55. The molecule has 190 valence electrons. The maximum absolute atomic E-state index is 12.6. The van der Waals surface area contributed by atoms with Crippen LogP contribution in [0.2, 0.25) is 0 Å². The van der Waals surface area contributed by atoms with Gasteiger partial charge in [0.25, 0.3) is 5.91 Å². The number of carbonyl (C=O) groups is 4. The van der Waals surface area contributed by atoms with Crippen molar-refractivity contribution in [2.75, 3.05) is 29.6 Å². The molecule has 1 aromatic carbocycles. The van der Waals surface area contributed by atoms with Gasteiger partial charge in [0.15, 0.2) is 4.34 Å². The van der Waals surface area contributed by atoms with Gasteiger partial charge in [0.05, 0.1) is 24.5 Å². The normalized spacial score (nSPS) is 10.6. The molecule has 13 heteroatoms. The predicted molar refractivity (Wildman–Crippen MR) is 139 cm³/mol. The highest BCUT2D eigenvalue weighted by atomic mass is 32.2. The Morgan fingerprint density at radius 2 is 1.58 bits per heavy atom. The van der Waals surface area contributed by atoms with Crippen molar-refractivity contribution in [3.05, 3.63) is 51.4 Å². The molecule has 10 nitrogen and oxygen atoms in total. The molecule has 0 unspecified atom stereocenters. The molecular formula is C23H24N4O6S3. The summed E-state index contributed by atoms with van der Waals surface area (Å²) < 4.78 is 10.6. The molecule has 0 saturated heterocycles. The van der Waals surface area contributed by atoms with Crippen LogP contribution in [0, 0.1) is 13.8 Å². The van der Waals surface area contributed by atoms with Crippen molar-refractivity contribution < 1.29 is 28.7 Å². The van der Waals surface area contributed by atoms with E-state index in [4.69, 9.17) is 9.47 Å². The van der Waals surface area contributed by atoms with Gasteiger partial charge in [-0.05, 0) is 45.4 Å². The average molecular weight is 549 g/mol. The number of benzene rings is 1. The smallest absolute Gasteiger partial charge is 0.348 e. The van der Waals surface area contributed by atoms with Crippen LogP contribution in [-0.4, -0.2) is 52.9 Å². The number of thiophene rings is 1. The molecule has 0 aliphatic rings. The molecule has 0 spiro atoms. The summed E-state index contributed by atoms with van der Waals surface area (Å²) in [7, 11) is 0. The Balaban J connectivity index is 1.64. The number of aryl methyl sites for hydroxylation is 1. The first-order valence-electron chi connectivity index (χ1n) is 10.8. The minimum Gasteiger partial charge on any atom is -0.462 e. The van der Waals surface area contributed by atoms with E-state index >= 15 is 0 Å². The molecule has 2 aromatic heterocycles. The molecule has 0 saturated carbocycles. The second kappa shape index (κ2) is 12.6. The fourth-order valence-electron chi connectivity index (χ4n) is 2.92. The highest BCUT2D eigenvalue weighted by Gasteiger charge is 2.27. The zero-order chi connectivity index (χ0) is 26.2. The SMILES string of the molecule is CCOC(=O)c1sc(NC(=O)CSc2nnc(NC(=O)c3ccc(C)cc3)s2)c(C(=O)OCC)c1C. The van der Waals surface area contributed by atoms with Crippen LogP contribution >= 0.6 is 34.4 Å². The van der Waals surface area contributed by atoms with Gasteiger partial charge in [-0.15, -0.1) is 21.5 Å². The zero-order valence-electron chi connectivity index (χ0n) is 20.0. The second-order valence-electron chi connectivity index (χ2n) is 7.23. The maximum Gasteiger partial charge on any atom is 0.348 e. The highest BCUT2D eigenvalue weighted by Crippen LogP contribution is 2.35. The molecule has 3 aromatic rings. The van der Waals surface area contributed by atoms with E-state index in [0.29, 0.717) is 20.6 Å². The van der Waals surface area contributed by atoms with Crippen molar-refractivity contribution in [3.8, 4) is 0 Å². The first-order valence-corrected chi connectivity index (χ1v) is 13.5. The first kappa shape index (κ1) is 27.3. The summed E-state index contributed by atoms with van der Waals surface area (Å²) in [5.41, 5.74) is 2.05. The van der Waals surface area contributed by atoms with E-state index < -0.39 is 17.8 Å². The van der Waals surface area contributed by atoms with Gasteiger partial charge in [-0.3, -0.25) is 14.9 Å². The molecule has 36 heavy (non-hydrogen) atoms. The van der Waals surface area contributed by atoms with Gasteiger partial charge in [0, 0.05) is 5.56 Å². The van der Waals surface area contributed by atoms with E-state index in [-0.39, 0.29) is 40.3 Å². The van der Waals surface area contributed by atoms with Crippen LogP contribution in [0.5, 0.6) is 0 Å². The first-order chi connectivity index (χ1) is 17.2. The minimum atomic E-state index is -0.636. The third kappa shape index (κ3) is 6.89. The zero-order valence-corrected chi connectivity index (χ0v) is 22.4. The molecule has 2 heterocycles. The lowest BCUT2D eigenvalue weighted by Gasteiger charge is -2.06. The lowest BCUT2D eigenvalue weighted by atomic mass is 10.1. The fraction of sp³-hybridized carbons (Fsp3) is 0.304. The third-order valence-corrected chi connectivity index (χ3v) is 7.77. The van der Waals surface area contributed by atoms with Gasteiger partial charge in [-0.1, -0.05) is 40.8 Å². The van der Waals surface area contributed by atoms with Crippen LogP contribution in [0.1, 0.15) is 55.4 Å². The van der Waals surface area contributed by atoms with Gasteiger partial charge in [0.2, 0.25) is 11.0 Å². The Bertz CT molecular complexity index is 1270. The Hall–Kier alpha value is -3.29. The number of anilines is 2. The Morgan fingerprint density at radius 1 is 0.917 bits per heavy atom. The molecule has 0 aliphatic carbocycles. The van der Waals surface area contributed by atoms with Gasteiger partial charge >= 0.3 is 11.9 Å². The van der Waals surface area contributed by atoms with Crippen molar-refractivity contribution >= 4 is 68.3 Å². The molecule has 2 amide bonds. The number of carbonyl (C=O) groups excluding carboxylic acids is 4. The molecule has 0 radical (unpaired) electrons. The summed E-state index contributed by atoms with van der Waals surface area (Å²) in [6, 6.07) is 7.12. The number of nitrogens with one attached hydrogen (secondary N) is 2. The monoisotopic (exact) mass is 548 g/mol. The summed E-state index contributed by atoms with van der Waals surface area (Å²) in [6.07, 6.45) is 0. The number of rotatable bonds is 10. The summed E-state index contributed by atoms with van der Waals surface area (Å²) in [4.78, 5) is 49.9. The third-order valence-electron chi connectivity index (χ3n) is 4.61. The van der Waals surface area contributed by atoms with Crippen molar-refractivity contribution in [2.45, 2.75) is 32.0 Å². The van der Waals surface area contributed by atoms with Crippen LogP contribution in [0.15, 0.2) is 28.6 Å². The quantitative estimate of drug-likeness (QED) is 0.212. The van der Waals surface area contributed by atoms with Crippen LogP contribution in [-0.2, 0) is 14.3 Å². The molecule has 2 N–H and O–H groups in total. The summed E-state index contributed by atoms with van der Waals surface area (Å²) in [5.74, 6) is -1.97. The van der Waals surface area contributed by atoms with Crippen LogP contribution in [0.25, 0.3) is 0 Å². The highest BCUT2D eigenvalue weighted by molar-refractivity contribution is 8.01. The van der Waals surface area contributed by atoms with Crippen molar-refractivity contribution in [1.29, 1.82) is 0 Å². The van der Waals surface area contributed by atoms with Crippen molar-refractivity contribution in [2.24, 2.45) is 0 Å². The number of hydrogen-bond donors (Lipinski definition) is 2. The van der Waals surface area contributed by atoms with E-state index in [1.807, 2.05) is 19.1 Å². The van der Waals surface area contributed by atoms with Gasteiger partial charge in [-0.25, -0.2) is 9.59 Å². The van der Waals surface area contributed by atoms with E-state index in [1.54, 1.807) is 32.9 Å². The lowest BCUT2D eigenvalue weighted by molar-refractivity contribution is -0.113. The van der Waals surface area contributed by atoms with Gasteiger partial charge in [-0.2, -0.15) is 0 Å². The Morgan fingerprint density at radius 3 is 2.25 bits per heavy atom. The van der Waals surface area contributed by atoms with Crippen molar-refractivity contribution in [3.63, 3.8) is 0 Å². The van der Waals surface area contributed by atoms with Crippen LogP contribution in [0.4, 0.5) is 10.1 Å². The largest absolute Gasteiger partial charge is 0.462 e. The van der Waals surface area contributed by atoms with Crippen LogP contribution in [0.3, 0.4) is 0 Å². The Kier molecular flexibility index (Phi) is 9.56. The second-order valence-corrected chi connectivity index (χ2v) is 10.5. The molecule has 0 fully saturated rings. The fourth-order valence-corrected chi connectivity index (χ4v) is 5.58. The van der Waals surface area contributed by atoms with E-state index in [0.717, 1.165) is 40.0 Å². The number of nitrogens with zero attached hydrogens (tertiary/aromatic N) is 2. The van der Waals surface area contributed by atoms with E-state index in [1.165, 1.54) is 0 Å². The van der Waals surface area contributed by atoms with E-state index in [9.17, 15) is 19.2 Å². The van der Waals surface area contributed by atoms with Gasteiger partial charge in [0.1, 0.15) is 9.88 Å². The van der Waals surface area contributed by atoms with Gasteiger partial charge < -0.3 is 14.8 Å². The molecule has 0 atom stereocenters. The number of ether oxygens (including phenoxy) is 2. The Labute approximate surface area is 219 Å². The lowest BCUT2D eigenvalue weighted by Crippen LogP contribution is -2.16. The standard InChI is InChI=1S/C23H24N4O6S3/c1-5-32-20(30)16-13(4)17(21(31)33-6-2)35-19(16)24-15(28)11-34-23-27-26-22(36-23)25-18(29)14-9-7-12(3)8-10-14/h7-10H,5-6,11H2,1-4H3,(H,24,28)(H,25,26,29). The maximum atomic E-state index is 12.6. The average Bonchev–Trinajstić information content (AvgIpc) is 3.42. The number of amides is 2.